The van der Waals surface area contributed by atoms with Crippen LogP contribution in [0.15, 0.2) is 48.5 Å². The van der Waals surface area contributed by atoms with Crippen LogP contribution in [-0.4, -0.2) is 47.8 Å². The van der Waals surface area contributed by atoms with Gasteiger partial charge in [-0.25, -0.2) is 0 Å². The van der Waals surface area contributed by atoms with Crippen LogP contribution in [0.4, 0.5) is 0 Å². The minimum atomic E-state index is -0.145. The van der Waals surface area contributed by atoms with Crippen LogP contribution in [0.25, 0.3) is 0 Å². The average molecular weight is 342 g/mol. The molecule has 0 aromatic heterocycles. The maximum atomic E-state index is 10.0. The summed E-state index contributed by atoms with van der Waals surface area (Å²) in [4.78, 5) is 0. The van der Waals surface area contributed by atoms with Gasteiger partial charge in [-0.1, -0.05) is 36.4 Å². The maximum absolute atomic E-state index is 10.0. The fourth-order valence-corrected chi connectivity index (χ4v) is 3.10. The Balaban J connectivity index is 1.48. The Labute approximate surface area is 146 Å². The molecule has 0 radical (unpaired) electrons. The molecule has 2 saturated heterocycles. The van der Waals surface area contributed by atoms with Gasteiger partial charge in [-0.2, -0.15) is 0 Å². The number of rotatable bonds is 8. The topological polar surface area (TPSA) is 74.8 Å². The van der Waals surface area contributed by atoms with Crippen molar-refractivity contribution >= 4 is 0 Å². The van der Waals surface area contributed by atoms with Crippen LogP contribution in [0, 0.1) is 0 Å². The summed E-state index contributed by atoms with van der Waals surface area (Å²) in [5, 5.41) is 20.1. The predicted octanol–water partition coefficient (Wildman–Crippen LogP) is 2.43. The van der Waals surface area contributed by atoms with Gasteiger partial charge in [0, 0.05) is 12.8 Å². The number of aromatic hydroxyl groups is 2. The van der Waals surface area contributed by atoms with Crippen LogP contribution in [-0.2, 0) is 27.1 Å². The van der Waals surface area contributed by atoms with Crippen molar-refractivity contribution in [2.24, 2.45) is 0 Å². The SMILES string of the molecule is Oc1ccccc1CC(OC(Cc1ccccc1O)C1CO1)C1CO1. The van der Waals surface area contributed by atoms with E-state index in [0.29, 0.717) is 26.1 Å². The second-order valence-electron chi connectivity index (χ2n) is 6.62. The Hall–Kier alpha value is -2.08. The lowest BCUT2D eigenvalue weighted by Gasteiger charge is -2.24. The van der Waals surface area contributed by atoms with E-state index in [1.54, 1.807) is 24.3 Å². The van der Waals surface area contributed by atoms with Crippen LogP contribution in [0.1, 0.15) is 11.1 Å². The fraction of sp³-hybridized carbons (Fsp3) is 0.400. The molecule has 0 aliphatic carbocycles. The van der Waals surface area contributed by atoms with Crippen LogP contribution >= 0.6 is 0 Å². The van der Waals surface area contributed by atoms with E-state index in [2.05, 4.69) is 0 Å². The van der Waals surface area contributed by atoms with E-state index in [0.717, 1.165) is 11.1 Å². The molecule has 4 atom stereocenters. The first kappa shape index (κ1) is 16.4. The molecule has 0 saturated carbocycles. The van der Waals surface area contributed by atoms with Gasteiger partial charge in [-0.3, -0.25) is 0 Å². The Morgan fingerprint density at radius 1 is 0.800 bits per heavy atom. The molecule has 2 aliphatic rings. The van der Waals surface area contributed by atoms with Crippen molar-refractivity contribution in [1.29, 1.82) is 0 Å². The molecule has 4 rings (SSSR count). The summed E-state index contributed by atoms with van der Waals surface area (Å²) in [7, 11) is 0. The molecule has 5 nitrogen and oxygen atoms in total. The third-order valence-corrected chi connectivity index (χ3v) is 4.72. The maximum Gasteiger partial charge on any atom is 0.118 e. The predicted molar refractivity (Wildman–Crippen MR) is 91.8 cm³/mol. The zero-order chi connectivity index (χ0) is 17.2. The number of hydrogen-bond acceptors (Lipinski definition) is 5. The Morgan fingerprint density at radius 2 is 1.20 bits per heavy atom. The summed E-state index contributed by atoms with van der Waals surface area (Å²) in [6.07, 6.45) is 0.972. The van der Waals surface area contributed by atoms with Gasteiger partial charge in [-0.15, -0.1) is 0 Å². The molecule has 2 aliphatic heterocycles. The van der Waals surface area contributed by atoms with E-state index in [1.165, 1.54) is 0 Å². The lowest BCUT2D eigenvalue weighted by atomic mass is 10.0. The average Bonchev–Trinajstić information content (AvgIpc) is 3.49. The first-order chi connectivity index (χ1) is 12.2. The number of ether oxygens (including phenoxy) is 3. The standard InChI is InChI=1S/C20H22O5/c21-15-7-3-1-5-13(15)9-17(19-11-23-19)25-18(20-12-24-20)10-14-6-2-4-8-16(14)22/h1-8,17-22H,9-12H2. The molecule has 2 aromatic carbocycles. The van der Waals surface area contributed by atoms with Gasteiger partial charge in [0.2, 0.25) is 0 Å². The summed E-state index contributed by atoms with van der Waals surface area (Å²) in [5.41, 5.74) is 1.70. The summed E-state index contributed by atoms with van der Waals surface area (Å²) >= 11 is 0. The first-order valence-corrected chi connectivity index (χ1v) is 8.63. The number of epoxide rings is 2. The molecule has 25 heavy (non-hydrogen) atoms. The number of hydrogen-bond donors (Lipinski definition) is 2. The van der Waals surface area contributed by atoms with Crippen molar-refractivity contribution in [3.8, 4) is 11.5 Å². The minimum Gasteiger partial charge on any atom is -0.508 e. The zero-order valence-corrected chi connectivity index (χ0v) is 13.9. The van der Waals surface area contributed by atoms with Crippen molar-refractivity contribution in [1.82, 2.24) is 0 Å². The second-order valence-corrected chi connectivity index (χ2v) is 6.62. The highest BCUT2D eigenvalue weighted by Gasteiger charge is 2.41. The molecule has 0 bridgehead atoms. The lowest BCUT2D eigenvalue weighted by Crippen LogP contribution is -2.33. The van der Waals surface area contributed by atoms with Crippen molar-refractivity contribution < 1.29 is 24.4 Å². The van der Waals surface area contributed by atoms with E-state index in [4.69, 9.17) is 14.2 Å². The van der Waals surface area contributed by atoms with E-state index in [1.807, 2.05) is 24.3 Å². The van der Waals surface area contributed by atoms with Gasteiger partial charge in [0.25, 0.3) is 0 Å². The Morgan fingerprint density at radius 3 is 1.56 bits per heavy atom. The zero-order valence-electron chi connectivity index (χ0n) is 13.9. The molecule has 0 amide bonds. The smallest absolute Gasteiger partial charge is 0.118 e. The van der Waals surface area contributed by atoms with Gasteiger partial charge < -0.3 is 24.4 Å². The van der Waals surface area contributed by atoms with Crippen molar-refractivity contribution in [3.63, 3.8) is 0 Å². The third kappa shape index (κ3) is 4.12. The molecule has 5 heteroatoms. The summed E-state index contributed by atoms with van der Waals surface area (Å²) in [5.74, 6) is 0.549. The van der Waals surface area contributed by atoms with Crippen molar-refractivity contribution in [2.75, 3.05) is 13.2 Å². The number of benzene rings is 2. The summed E-state index contributed by atoms with van der Waals surface area (Å²) in [6, 6.07) is 14.6. The highest BCUT2D eigenvalue weighted by atomic mass is 16.6. The van der Waals surface area contributed by atoms with Crippen LogP contribution in [0.5, 0.6) is 11.5 Å². The highest BCUT2D eigenvalue weighted by Crippen LogP contribution is 2.31. The Kier molecular flexibility index (Phi) is 4.61. The highest BCUT2D eigenvalue weighted by molar-refractivity contribution is 5.33. The molecular formula is C20H22O5. The van der Waals surface area contributed by atoms with Gasteiger partial charge in [0.05, 0.1) is 25.4 Å². The quantitative estimate of drug-likeness (QED) is 0.721. The van der Waals surface area contributed by atoms with Gasteiger partial charge in [0.1, 0.15) is 23.7 Å². The second kappa shape index (κ2) is 7.04. The molecule has 2 heterocycles. The van der Waals surface area contributed by atoms with Gasteiger partial charge in [-0.05, 0) is 23.3 Å². The molecule has 2 N–H and O–H groups in total. The number of para-hydroxylation sites is 2. The summed E-state index contributed by atoms with van der Waals surface area (Å²) in [6.45, 7) is 1.35. The molecule has 2 aromatic rings. The third-order valence-electron chi connectivity index (χ3n) is 4.72. The largest absolute Gasteiger partial charge is 0.508 e. The molecule has 2 fully saturated rings. The Bertz CT molecular complexity index is 662. The molecule has 4 unspecified atom stereocenters. The van der Waals surface area contributed by atoms with Gasteiger partial charge in [0.15, 0.2) is 0 Å². The van der Waals surface area contributed by atoms with Gasteiger partial charge >= 0.3 is 0 Å². The van der Waals surface area contributed by atoms with E-state index < -0.39 is 0 Å². The normalized spacial score (nSPS) is 23.8. The van der Waals surface area contributed by atoms with Crippen molar-refractivity contribution in [3.05, 3.63) is 59.7 Å². The van der Waals surface area contributed by atoms with E-state index >= 15 is 0 Å². The lowest BCUT2D eigenvalue weighted by molar-refractivity contribution is -0.0373. The monoisotopic (exact) mass is 342 g/mol. The number of phenolic OH excluding ortho intramolecular Hbond substituents is 2. The van der Waals surface area contributed by atoms with Crippen LogP contribution in [0.2, 0.25) is 0 Å². The molecular weight excluding hydrogens is 320 g/mol. The van der Waals surface area contributed by atoms with E-state index in [9.17, 15) is 10.2 Å². The van der Waals surface area contributed by atoms with Crippen LogP contribution in [0.3, 0.4) is 0 Å². The fourth-order valence-electron chi connectivity index (χ4n) is 3.10. The molecule has 132 valence electrons. The number of phenols is 2. The minimum absolute atomic E-state index is 0.0465. The summed E-state index contributed by atoms with van der Waals surface area (Å²) < 4.78 is 17.3. The first-order valence-electron chi connectivity index (χ1n) is 8.63. The van der Waals surface area contributed by atoms with Crippen LogP contribution < -0.4 is 0 Å². The van der Waals surface area contributed by atoms with Crippen molar-refractivity contribution in [2.45, 2.75) is 37.3 Å². The molecule has 0 spiro atoms. The van der Waals surface area contributed by atoms with E-state index in [-0.39, 0.29) is 35.9 Å².